The van der Waals surface area contributed by atoms with E-state index in [1.807, 2.05) is 41.0 Å². The highest BCUT2D eigenvalue weighted by molar-refractivity contribution is 5.94. The Kier molecular flexibility index (Phi) is 5.84. The lowest BCUT2D eigenvalue weighted by Crippen LogP contribution is -2.10. The van der Waals surface area contributed by atoms with E-state index in [1.165, 1.54) is 12.1 Å². The number of ether oxygens (including phenoxy) is 2. The van der Waals surface area contributed by atoms with Gasteiger partial charge in [-0.3, -0.25) is 0 Å². The van der Waals surface area contributed by atoms with Crippen molar-refractivity contribution < 1.29 is 28.2 Å². The minimum Gasteiger partial charge on any atom is -0.487 e. The maximum absolute atomic E-state index is 12.8. The van der Waals surface area contributed by atoms with Gasteiger partial charge in [0.15, 0.2) is 0 Å². The van der Waals surface area contributed by atoms with Gasteiger partial charge in [-0.05, 0) is 42.5 Å². The van der Waals surface area contributed by atoms with E-state index in [2.05, 4.69) is 4.74 Å². The molecule has 0 saturated heterocycles. The van der Waals surface area contributed by atoms with Gasteiger partial charge in [0.2, 0.25) is 0 Å². The minimum atomic E-state index is -2.93. The molecule has 0 bridgehead atoms. The van der Waals surface area contributed by atoms with Crippen molar-refractivity contribution in [3.05, 3.63) is 95.7 Å². The Balaban J connectivity index is 1.74. The maximum atomic E-state index is 12.8. The molecule has 4 rings (SSSR count). The SMILES string of the molecule is O=C(O)c1ccc2c(c1)cc(COc1ccccc1)n2Cc1ccccc1OC(F)F. The fourth-order valence-electron chi connectivity index (χ4n) is 3.46. The minimum absolute atomic E-state index is 0.0939. The Bertz CT molecular complexity index is 1200. The lowest BCUT2D eigenvalue weighted by atomic mass is 10.1. The Morgan fingerprint density at radius 2 is 1.71 bits per heavy atom. The number of benzene rings is 3. The molecule has 1 heterocycles. The fraction of sp³-hybridized carbons (Fsp3) is 0.125. The Morgan fingerprint density at radius 3 is 2.45 bits per heavy atom. The van der Waals surface area contributed by atoms with E-state index in [-0.39, 0.29) is 24.5 Å². The molecule has 5 nitrogen and oxygen atoms in total. The summed E-state index contributed by atoms with van der Waals surface area (Å²) >= 11 is 0. The predicted octanol–water partition coefficient (Wildman–Crippen LogP) is 5.57. The van der Waals surface area contributed by atoms with Crippen LogP contribution in [0.1, 0.15) is 21.6 Å². The molecule has 4 aromatic rings. The summed E-state index contributed by atoms with van der Waals surface area (Å²) in [4.78, 5) is 11.4. The highest BCUT2D eigenvalue weighted by atomic mass is 19.3. The lowest BCUT2D eigenvalue weighted by molar-refractivity contribution is -0.0504. The molecule has 0 fully saturated rings. The summed E-state index contributed by atoms with van der Waals surface area (Å²) in [6.45, 7) is -2.45. The molecule has 0 spiro atoms. The Hall–Kier alpha value is -3.87. The van der Waals surface area contributed by atoms with Crippen LogP contribution in [-0.2, 0) is 13.2 Å². The van der Waals surface area contributed by atoms with Gasteiger partial charge < -0.3 is 19.1 Å². The Labute approximate surface area is 177 Å². The summed E-state index contributed by atoms with van der Waals surface area (Å²) in [7, 11) is 0. The summed E-state index contributed by atoms with van der Waals surface area (Å²) in [5, 5.41) is 10.0. The second-order valence-electron chi connectivity index (χ2n) is 6.89. The summed E-state index contributed by atoms with van der Waals surface area (Å²) in [5.41, 5.74) is 2.28. The van der Waals surface area contributed by atoms with Crippen LogP contribution >= 0.6 is 0 Å². The van der Waals surface area contributed by atoms with Crippen molar-refractivity contribution in [3.63, 3.8) is 0 Å². The van der Waals surface area contributed by atoms with Crippen molar-refractivity contribution in [1.82, 2.24) is 4.57 Å². The van der Waals surface area contributed by atoms with Gasteiger partial charge in [0.25, 0.3) is 0 Å². The van der Waals surface area contributed by atoms with Gasteiger partial charge in [0.1, 0.15) is 18.1 Å². The number of fused-ring (bicyclic) bond motifs is 1. The van der Waals surface area contributed by atoms with E-state index >= 15 is 0 Å². The first-order chi connectivity index (χ1) is 15.0. The van der Waals surface area contributed by atoms with Crippen LogP contribution in [0.3, 0.4) is 0 Å². The van der Waals surface area contributed by atoms with Crippen LogP contribution in [0.25, 0.3) is 10.9 Å². The molecule has 0 radical (unpaired) electrons. The van der Waals surface area contributed by atoms with Crippen molar-refractivity contribution in [2.45, 2.75) is 19.8 Å². The molecule has 158 valence electrons. The van der Waals surface area contributed by atoms with Crippen LogP contribution in [0.5, 0.6) is 11.5 Å². The molecule has 0 atom stereocenters. The van der Waals surface area contributed by atoms with E-state index in [0.29, 0.717) is 11.3 Å². The normalized spacial score (nSPS) is 11.1. The first-order valence-corrected chi connectivity index (χ1v) is 9.57. The third-order valence-electron chi connectivity index (χ3n) is 4.88. The third kappa shape index (κ3) is 4.66. The van der Waals surface area contributed by atoms with Gasteiger partial charge in [0, 0.05) is 16.5 Å². The molecule has 0 aliphatic rings. The molecule has 1 N–H and O–H groups in total. The van der Waals surface area contributed by atoms with Crippen LogP contribution < -0.4 is 9.47 Å². The highest BCUT2D eigenvalue weighted by Gasteiger charge is 2.15. The van der Waals surface area contributed by atoms with Crippen molar-refractivity contribution in [3.8, 4) is 11.5 Å². The number of para-hydroxylation sites is 2. The van der Waals surface area contributed by atoms with Crippen LogP contribution in [0.15, 0.2) is 78.9 Å². The number of hydrogen-bond donors (Lipinski definition) is 1. The van der Waals surface area contributed by atoms with Gasteiger partial charge in [-0.25, -0.2) is 4.79 Å². The summed E-state index contributed by atoms with van der Waals surface area (Å²) in [6.07, 6.45) is 0. The number of aromatic nitrogens is 1. The quantitative estimate of drug-likeness (QED) is 0.403. The van der Waals surface area contributed by atoms with Crippen molar-refractivity contribution >= 4 is 16.9 Å². The van der Waals surface area contributed by atoms with Crippen molar-refractivity contribution in [2.75, 3.05) is 0 Å². The van der Waals surface area contributed by atoms with Crippen LogP contribution in [0, 0.1) is 0 Å². The van der Waals surface area contributed by atoms with Crippen molar-refractivity contribution in [2.24, 2.45) is 0 Å². The molecule has 0 aliphatic heterocycles. The van der Waals surface area contributed by atoms with Crippen LogP contribution in [0.2, 0.25) is 0 Å². The van der Waals surface area contributed by atoms with Gasteiger partial charge >= 0.3 is 12.6 Å². The standard InChI is InChI=1S/C24H19F2NO4/c25-24(26)31-22-9-5-4-6-17(22)14-27-19(15-30-20-7-2-1-3-8-20)13-18-12-16(23(28)29)10-11-21(18)27/h1-13,24H,14-15H2,(H,28,29). The van der Waals surface area contributed by atoms with Crippen molar-refractivity contribution in [1.29, 1.82) is 0 Å². The smallest absolute Gasteiger partial charge is 0.387 e. The third-order valence-corrected chi connectivity index (χ3v) is 4.88. The Morgan fingerprint density at radius 1 is 0.968 bits per heavy atom. The highest BCUT2D eigenvalue weighted by Crippen LogP contribution is 2.27. The van der Waals surface area contributed by atoms with Gasteiger partial charge in [-0.2, -0.15) is 8.78 Å². The van der Waals surface area contributed by atoms with Gasteiger partial charge in [0.05, 0.1) is 17.8 Å². The molecular weight excluding hydrogens is 404 g/mol. The molecule has 31 heavy (non-hydrogen) atoms. The second-order valence-corrected chi connectivity index (χ2v) is 6.89. The van der Waals surface area contributed by atoms with E-state index in [4.69, 9.17) is 4.74 Å². The van der Waals surface area contributed by atoms with E-state index in [9.17, 15) is 18.7 Å². The molecule has 7 heteroatoms. The number of halogens is 2. The van der Waals surface area contributed by atoms with Crippen LogP contribution in [0.4, 0.5) is 8.78 Å². The summed E-state index contributed by atoms with van der Waals surface area (Å²) in [5.74, 6) is -0.240. The summed E-state index contributed by atoms with van der Waals surface area (Å²) in [6, 6.07) is 22.5. The monoisotopic (exact) mass is 423 g/mol. The summed E-state index contributed by atoms with van der Waals surface area (Å²) < 4.78 is 38.1. The van der Waals surface area contributed by atoms with E-state index in [0.717, 1.165) is 16.6 Å². The van der Waals surface area contributed by atoms with Gasteiger partial charge in [-0.15, -0.1) is 0 Å². The number of alkyl halides is 2. The van der Waals surface area contributed by atoms with Gasteiger partial charge in [-0.1, -0.05) is 36.4 Å². The molecule has 0 unspecified atom stereocenters. The molecule has 1 aromatic heterocycles. The first kappa shape index (κ1) is 20.4. The first-order valence-electron chi connectivity index (χ1n) is 9.57. The number of rotatable bonds is 8. The predicted molar refractivity (Wildman–Crippen MR) is 112 cm³/mol. The number of carboxylic acid groups (broad SMARTS) is 1. The number of nitrogens with zero attached hydrogens (tertiary/aromatic N) is 1. The largest absolute Gasteiger partial charge is 0.487 e. The fourth-order valence-corrected chi connectivity index (χ4v) is 3.46. The molecule has 3 aromatic carbocycles. The maximum Gasteiger partial charge on any atom is 0.387 e. The molecule has 0 aliphatic carbocycles. The van der Waals surface area contributed by atoms with Crippen LogP contribution in [-0.4, -0.2) is 22.3 Å². The van der Waals surface area contributed by atoms with E-state index < -0.39 is 12.6 Å². The zero-order valence-corrected chi connectivity index (χ0v) is 16.4. The second kappa shape index (κ2) is 8.87. The average molecular weight is 423 g/mol. The zero-order valence-electron chi connectivity index (χ0n) is 16.4. The number of aromatic carboxylic acids is 1. The average Bonchev–Trinajstić information content (AvgIpc) is 3.10. The number of carbonyl (C=O) groups is 1. The zero-order chi connectivity index (χ0) is 21.8. The van der Waals surface area contributed by atoms with E-state index in [1.54, 1.807) is 30.3 Å². The molecule has 0 saturated carbocycles. The lowest BCUT2D eigenvalue weighted by Gasteiger charge is -2.15. The number of hydrogen-bond acceptors (Lipinski definition) is 3. The molecular formula is C24H19F2NO4. The molecule has 0 amide bonds. The number of carboxylic acids is 1. The topological polar surface area (TPSA) is 60.7 Å².